The number of aryl methyl sites for hydroxylation is 1. The molecular formula is C12H21NS. The molecule has 0 saturated heterocycles. The van der Waals surface area contributed by atoms with Gasteiger partial charge in [-0.2, -0.15) is 0 Å². The highest BCUT2D eigenvalue weighted by atomic mass is 32.1. The molecule has 0 amide bonds. The second kappa shape index (κ2) is 8.01. The molecule has 0 spiro atoms. The highest BCUT2D eigenvalue weighted by Gasteiger charge is 1.93. The standard InChI is InChI=1S/C12H21NS/c1-2-3-9-13-10-5-4-7-12-8-6-11-14-12/h6,8,11,13H,2-5,7,9-10H2,1H3. The normalized spacial score (nSPS) is 10.6. The second-order valence-corrected chi connectivity index (χ2v) is 4.67. The number of hydrogen-bond donors (Lipinski definition) is 1. The third-order valence-corrected chi connectivity index (χ3v) is 3.25. The molecule has 14 heavy (non-hydrogen) atoms. The molecule has 0 atom stereocenters. The smallest absolute Gasteiger partial charge is 0.00452 e. The summed E-state index contributed by atoms with van der Waals surface area (Å²) in [6.45, 7) is 4.61. The van der Waals surface area contributed by atoms with Gasteiger partial charge in [-0.3, -0.25) is 0 Å². The lowest BCUT2D eigenvalue weighted by Crippen LogP contribution is -2.16. The van der Waals surface area contributed by atoms with E-state index in [1.165, 1.54) is 50.1 Å². The third-order valence-electron chi connectivity index (χ3n) is 2.31. The van der Waals surface area contributed by atoms with E-state index in [2.05, 4.69) is 29.8 Å². The number of thiophene rings is 1. The molecular weight excluding hydrogens is 190 g/mol. The highest BCUT2D eigenvalue weighted by molar-refractivity contribution is 7.09. The molecule has 0 aliphatic rings. The first-order valence-electron chi connectivity index (χ1n) is 5.66. The SMILES string of the molecule is CCCCNCCCCc1cccs1. The van der Waals surface area contributed by atoms with E-state index < -0.39 is 0 Å². The van der Waals surface area contributed by atoms with E-state index in [1.54, 1.807) is 0 Å². The zero-order valence-corrected chi connectivity index (χ0v) is 9.91. The molecule has 1 rings (SSSR count). The van der Waals surface area contributed by atoms with Crippen molar-refractivity contribution in [2.24, 2.45) is 0 Å². The first-order valence-corrected chi connectivity index (χ1v) is 6.54. The summed E-state index contributed by atoms with van der Waals surface area (Å²) in [7, 11) is 0. The summed E-state index contributed by atoms with van der Waals surface area (Å²) in [5, 5.41) is 5.63. The maximum Gasteiger partial charge on any atom is 0.00452 e. The van der Waals surface area contributed by atoms with Crippen LogP contribution in [0.3, 0.4) is 0 Å². The first kappa shape index (κ1) is 11.7. The summed E-state index contributed by atoms with van der Waals surface area (Å²) in [5.74, 6) is 0. The van der Waals surface area contributed by atoms with Crippen molar-refractivity contribution in [3.63, 3.8) is 0 Å². The summed E-state index contributed by atoms with van der Waals surface area (Å²) >= 11 is 1.87. The van der Waals surface area contributed by atoms with Crippen LogP contribution in [0.15, 0.2) is 17.5 Å². The van der Waals surface area contributed by atoms with Gasteiger partial charge in [0.2, 0.25) is 0 Å². The van der Waals surface area contributed by atoms with Gasteiger partial charge in [-0.05, 0) is 50.2 Å². The molecule has 1 heterocycles. The van der Waals surface area contributed by atoms with Gasteiger partial charge in [-0.1, -0.05) is 19.4 Å². The zero-order chi connectivity index (χ0) is 10.1. The van der Waals surface area contributed by atoms with Gasteiger partial charge in [0.05, 0.1) is 0 Å². The van der Waals surface area contributed by atoms with Gasteiger partial charge in [0.25, 0.3) is 0 Å². The highest BCUT2D eigenvalue weighted by Crippen LogP contribution is 2.11. The molecule has 1 aromatic rings. The summed E-state index contributed by atoms with van der Waals surface area (Å²) in [4.78, 5) is 1.53. The molecule has 1 nitrogen and oxygen atoms in total. The van der Waals surface area contributed by atoms with Crippen molar-refractivity contribution >= 4 is 11.3 Å². The van der Waals surface area contributed by atoms with Crippen LogP contribution >= 0.6 is 11.3 Å². The van der Waals surface area contributed by atoms with Crippen molar-refractivity contribution in [2.45, 2.75) is 39.0 Å². The summed E-state index contributed by atoms with van der Waals surface area (Å²) in [6.07, 6.45) is 6.49. The van der Waals surface area contributed by atoms with Gasteiger partial charge in [0.1, 0.15) is 0 Å². The minimum Gasteiger partial charge on any atom is -0.317 e. The van der Waals surface area contributed by atoms with E-state index in [4.69, 9.17) is 0 Å². The minimum absolute atomic E-state index is 1.19. The van der Waals surface area contributed by atoms with Crippen molar-refractivity contribution in [2.75, 3.05) is 13.1 Å². The Kier molecular flexibility index (Phi) is 6.71. The lowest BCUT2D eigenvalue weighted by Gasteiger charge is -2.02. The topological polar surface area (TPSA) is 12.0 Å². The van der Waals surface area contributed by atoms with Crippen molar-refractivity contribution in [3.8, 4) is 0 Å². The fraction of sp³-hybridized carbons (Fsp3) is 0.667. The minimum atomic E-state index is 1.19. The quantitative estimate of drug-likeness (QED) is 0.649. The molecule has 0 saturated carbocycles. The van der Waals surface area contributed by atoms with Crippen LogP contribution in [-0.4, -0.2) is 13.1 Å². The van der Waals surface area contributed by atoms with Gasteiger partial charge in [-0.15, -0.1) is 11.3 Å². The van der Waals surface area contributed by atoms with Crippen molar-refractivity contribution in [3.05, 3.63) is 22.4 Å². The van der Waals surface area contributed by atoms with E-state index in [0.29, 0.717) is 0 Å². The van der Waals surface area contributed by atoms with Gasteiger partial charge in [-0.25, -0.2) is 0 Å². The summed E-state index contributed by atoms with van der Waals surface area (Å²) in [5.41, 5.74) is 0. The molecule has 0 radical (unpaired) electrons. The molecule has 0 aliphatic carbocycles. The fourth-order valence-electron chi connectivity index (χ4n) is 1.43. The molecule has 0 aliphatic heterocycles. The van der Waals surface area contributed by atoms with E-state index in [0.717, 1.165) is 0 Å². The number of nitrogens with one attached hydrogen (secondary N) is 1. The number of unbranched alkanes of at least 4 members (excludes halogenated alkanes) is 2. The lowest BCUT2D eigenvalue weighted by molar-refractivity contribution is 0.600. The largest absolute Gasteiger partial charge is 0.317 e. The Morgan fingerprint density at radius 2 is 2.07 bits per heavy atom. The maximum absolute atomic E-state index is 3.47. The Morgan fingerprint density at radius 3 is 2.79 bits per heavy atom. The fourth-order valence-corrected chi connectivity index (χ4v) is 2.18. The Labute approximate surface area is 91.5 Å². The van der Waals surface area contributed by atoms with Crippen LogP contribution in [0.1, 0.15) is 37.5 Å². The van der Waals surface area contributed by atoms with Crippen LogP contribution in [-0.2, 0) is 6.42 Å². The Balaban J connectivity index is 1.85. The average molecular weight is 211 g/mol. The van der Waals surface area contributed by atoms with Gasteiger partial charge in [0, 0.05) is 4.88 Å². The molecule has 0 aromatic carbocycles. The van der Waals surface area contributed by atoms with E-state index >= 15 is 0 Å². The third kappa shape index (κ3) is 5.40. The molecule has 1 aromatic heterocycles. The molecule has 80 valence electrons. The monoisotopic (exact) mass is 211 g/mol. The van der Waals surface area contributed by atoms with Gasteiger partial charge < -0.3 is 5.32 Å². The summed E-state index contributed by atoms with van der Waals surface area (Å²) in [6, 6.07) is 4.37. The van der Waals surface area contributed by atoms with Crippen molar-refractivity contribution in [1.29, 1.82) is 0 Å². The lowest BCUT2D eigenvalue weighted by atomic mass is 10.2. The average Bonchev–Trinajstić information content (AvgIpc) is 2.69. The van der Waals surface area contributed by atoms with Crippen LogP contribution in [0.25, 0.3) is 0 Å². The first-order chi connectivity index (χ1) is 6.93. The molecule has 0 unspecified atom stereocenters. The van der Waals surface area contributed by atoms with Crippen LogP contribution in [0.4, 0.5) is 0 Å². The predicted octanol–water partition coefficient (Wildman–Crippen LogP) is 3.46. The second-order valence-electron chi connectivity index (χ2n) is 3.64. The molecule has 2 heteroatoms. The Hall–Kier alpha value is -0.340. The van der Waals surface area contributed by atoms with Crippen LogP contribution in [0.5, 0.6) is 0 Å². The number of rotatable bonds is 8. The van der Waals surface area contributed by atoms with Gasteiger partial charge >= 0.3 is 0 Å². The summed E-state index contributed by atoms with van der Waals surface area (Å²) < 4.78 is 0. The van der Waals surface area contributed by atoms with E-state index in [1.807, 2.05) is 11.3 Å². The van der Waals surface area contributed by atoms with Crippen molar-refractivity contribution in [1.82, 2.24) is 5.32 Å². The maximum atomic E-state index is 3.47. The number of hydrogen-bond acceptors (Lipinski definition) is 2. The van der Waals surface area contributed by atoms with Crippen LogP contribution < -0.4 is 5.32 Å². The van der Waals surface area contributed by atoms with E-state index in [9.17, 15) is 0 Å². The molecule has 0 fully saturated rings. The Morgan fingerprint density at radius 1 is 1.21 bits per heavy atom. The van der Waals surface area contributed by atoms with Crippen LogP contribution in [0, 0.1) is 0 Å². The molecule has 1 N–H and O–H groups in total. The predicted molar refractivity (Wildman–Crippen MR) is 65.0 cm³/mol. The van der Waals surface area contributed by atoms with Gasteiger partial charge in [0.15, 0.2) is 0 Å². The Bertz CT molecular complexity index is 206. The van der Waals surface area contributed by atoms with E-state index in [-0.39, 0.29) is 0 Å². The van der Waals surface area contributed by atoms with Crippen molar-refractivity contribution < 1.29 is 0 Å². The molecule has 0 bridgehead atoms. The van der Waals surface area contributed by atoms with Crippen LogP contribution in [0.2, 0.25) is 0 Å². The zero-order valence-electron chi connectivity index (χ0n) is 9.09.